The summed E-state index contributed by atoms with van der Waals surface area (Å²) in [7, 11) is -4.20. The highest BCUT2D eigenvalue weighted by Crippen LogP contribution is 2.20. The van der Waals surface area contributed by atoms with Crippen molar-refractivity contribution in [3.63, 3.8) is 0 Å². The van der Waals surface area contributed by atoms with Crippen LogP contribution >= 0.6 is 0 Å². The van der Waals surface area contributed by atoms with Gasteiger partial charge in [0.05, 0.1) is 0 Å². The van der Waals surface area contributed by atoms with E-state index in [4.69, 9.17) is 0 Å². The molecule has 0 fully saturated rings. The maximum Gasteiger partial charge on any atom is 0.167 e. The van der Waals surface area contributed by atoms with Crippen LogP contribution in [0.3, 0.4) is 0 Å². The first-order valence-electron chi connectivity index (χ1n) is 4.47. The highest BCUT2D eigenvalue weighted by Gasteiger charge is 2.37. The van der Waals surface area contributed by atoms with Gasteiger partial charge in [-0.25, -0.2) is 0 Å². The Kier molecular flexibility index (Phi) is 3.90. The average molecular weight is 228 g/mol. The third kappa shape index (κ3) is 2.58. The number of carbonyl (C=O) groups is 1. The van der Waals surface area contributed by atoms with Crippen LogP contribution < -0.4 is 5.11 Å². The van der Waals surface area contributed by atoms with E-state index in [0.29, 0.717) is 0 Å². The van der Waals surface area contributed by atoms with Gasteiger partial charge in [0.2, 0.25) is 0 Å². The summed E-state index contributed by atoms with van der Waals surface area (Å²) < 4.78 is 1.50. The van der Waals surface area contributed by atoms with Crippen molar-refractivity contribution in [2.24, 2.45) is 0 Å². The number of hydrogen-bond donors (Lipinski definition) is 0. The summed E-state index contributed by atoms with van der Waals surface area (Å²) in [5.41, 5.74) is 3.50. The normalized spacial score (nSPS) is 12.0. The van der Waals surface area contributed by atoms with Crippen molar-refractivity contribution in [3.8, 4) is 0 Å². The fourth-order valence-electron chi connectivity index (χ4n) is 1.40. The molecule has 0 saturated carbocycles. The second-order valence-electron chi connectivity index (χ2n) is 4.32. The highest BCUT2D eigenvalue weighted by molar-refractivity contribution is 6.97. The quantitative estimate of drug-likeness (QED) is 0.684. The molecule has 5 heteroatoms. The Morgan fingerprint density at radius 1 is 1.14 bits per heavy atom. The second kappa shape index (κ2) is 4.14. The monoisotopic (exact) mass is 228 g/mol. The first-order valence-corrected chi connectivity index (χ1v) is 10.5. The molecule has 0 aromatic rings. The molecule has 0 radical (unpaired) electrons. The number of rotatable bonds is 4. The summed E-state index contributed by atoms with van der Waals surface area (Å²) in [6.45, 7) is 15.2. The molecule has 0 aliphatic heterocycles. The van der Waals surface area contributed by atoms with Crippen molar-refractivity contribution in [1.82, 2.24) is 4.23 Å². The zero-order valence-electron chi connectivity index (χ0n) is 9.33. The zero-order chi connectivity index (χ0) is 11.6. The summed E-state index contributed by atoms with van der Waals surface area (Å²) in [6, 6.07) is 0. The molecule has 0 N–H and O–H groups in total. The van der Waals surface area contributed by atoms with Crippen LogP contribution in [0.4, 0.5) is 4.79 Å². The Morgan fingerprint density at radius 3 is 1.57 bits per heavy atom. The van der Waals surface area contributed by atoms with E-state index in [2.05, 4.69) is 13.2 Å². The first kappa shape index (κ1) is 13.2. The average Bonchev–Trinajstić information content (AvgIpc) is 2.02. The van der Waals surface area contributed by atoms with Gasteiger partial charge in [0.1, 0.15) is 6.09 Å². The third-order valence-corrected chi connectivity index (χ3v) is 10.5. The first-order chi connectivity index (χ1) is 6.19. The maximum atomic E-state index is 11.1. The van der Waals surface area contributed by atoms with Crippen molar-refractivity contribution >= 4 is 22.6 Å². The van der Waals surface area contributed by atoms with Crippen molar-refractivity contribution in [2.45, 2.75) is 26.2 Å². The minimum absolute atomic E-state index is 1.10. The smallest absolute Gasteiger partial charge is 0.167 e. The highest BCUT2D eigenvalue weighted by atomic mass is 28.4. The molecule has 0 spiro atoms. The lowest BCUT2D eigenvalue weighted by Crippen LogP contribution is -2.66. The van der Waals surface area contributed by atoms with Crippen LogP contribution in [0.5, 0.6) is 0 Å². The number of carbonyl (C=O) groups excluding carboxylic acids is 1. The molecule has 80 valence electrons. The molecule has 1 amide bonds. The summed E-state index contributed by atoms with van der Waals surface area (Å²) in [6.07, 6.45) is -1.10. The molecule has 0 bridgehead atoms. The standard InChI is InChI=1S/C9H19NO2Si2/c1-7-13(3,4)10(9(11)12)14(5,6)8-2/h7-8H,1-2H2,3-6H3,(H,11,12)/p-1. The summed E-state index contributed by atoms with van der Waals surface area (Å²) >= 11 is 0. The molecule has 0 atom stereocenters. The Hall–Kier alpha value is -0.816. The van der Waals surface area contributed by atoms with E-state index in [-0.39, 0.29) is 0 Å². The predicted octanol–water partition coefficient (Wildman–Crippen LogP) is 1.49. The van der Waals surface area contributed by atoms with Gasteiger partial charge >= 0.3 is 0 Å². The Balaban J connectivity index is 5.26. The fraction of sp³-hybridized carbons (Fsp3) is 0.444. The fourth-order valence-corrected chi connectivity index (χ4v) is 9.19. The molecule has 0 rings (SSSR count). The molecule has 0 unspecified atom stereocenters. The van der Waals surface area contributed by atoms with Crippen LogP contribution in [0.15, 0.2) is 24.6 Å². The van der Waals surface area contributed by atoms with Gasteiger partial charge in [-0.15, -0.1) is 13.2 Å². The largest absolute Gasteiger partial charge is 0.531 e. The van der Waals surface area contributed by atoms with Gasteiger partial charge in [-0.1, -0.05) is 11.4 Å². The number of nitrogens with zero attached hydrogens (tertiary/aromatic N) is 1. The third-order valence-electron chi connectivity index (χ3n) is 2.33. The number of carboxylic acid groups (broad SMARTS) is 1. The lowest BCUT2D eigenvalue weighted by Gasteiger charge is -2.46. The van der Waals surface area contributed by atoms with E-state index >= 15 is 0 Å². The molecule has 3 nitrogen and oxygen atoms in total. The summed E-state index contributed by atoms with van der Waals surface area (Å²) in [5, 5.41) is 11.1. The van der Waals surface area contributed by atoms with Crippen molar-refractivity contribution in [2.75, 3.05) is 0 Å². The molecule has 0 aliphatic rings. The summed E-state index contributed by atoms with van der Waals surface area (Å²) in [4.78, 5) is 11.1. The van der Waals surface area contributed by atoms with E-state index < -0.39 is 22.6 Å². The molecule has 0 saturated heterocycles. The minimum atomic E-state index is -2.10. The molecular formula is C9H18NO2Si2-. The van der Waals surface area contributed by atoms with Gasteiger partial charge in [0.25, 0.3) is 0 Å². The van der Waals surface area contributed by atoms with E-state index in [9.17, 15) is 9.90 Å². The SMILES string of the molecule is C=C[Si](C)(C)N(C(=O)[O-])[Si](C)(C)C=C. The van der Waals surface area contributed by atoms with Crippen LogP contribution in [-0.4, -0.2) is 26.8 Å². The van der Waals surface area contributed by atoms with Gasteiger partial charge in [0, 0.05) is 0 Å². The summed E-state index contributed by atoms with van der Waals surface area (Å²) in [5.74, 6) is 0. The van der Waals surface area contributed by atoms with Crippen LogP contribution in [0.1, 0.15) is 0 Å². The van der Waals surface area contributed by atoms with Crippen LogP contribution in [0.25, 0.3) is 0 Å². The lowest BCUT2D eigenvalue weighted by atomic mass is 11.3. The minimum Gasteiger partial charge on any atom is -0.531 e. The van der Waals surface area contributed by atoms with E-state index in [1.54, 1.807) is 11.4 Å². The molecular weight excluding hydrogens is 210 g/mol. The topological polar surface area (TPSA) is 43.4 Å². The molecule has 0 heterocycles. The lowest BCUT2D eigenvalue weighted by molar-refractivity contribution is -0.256. The van der Waals surface area contributed by atoms with Gasteiger partial charge in [-0.05, 0) is 26.2 Å². The molecule has 14 heavy (non-hydrogen) atoms. The van der Waals surface area contributed by atoms with Crippen molar-refractivity contribution < 1.29 is 9.90 Å². The molecule has 0 aromatic heterocycles. The van der Waals surface area contributed by atoms with Crippen molar-refractivity contribution in [3.05, 3.63) is 24.6 Å². The van der Waals surface area contributed by atoms with Gasteiger partial charge in [-0.2, -0.15) is 0 Å². The van der Waals surface area contributed by atoms with Crippen molar-refractivity contribution in [1.29, 1.82) is 0 Å². The Labute approximate surface area is 87.9 Å². The number of hydrogen-bond acceptors (Lipinski definition) is 2. The number of amides is 1. The van der Waals surface area contributed by atoms with E-state index in [1.165, 1.54) is 4.23 Å². The van der Waals surface area contributed by atoms with E-state index in [1.807, 2.05) is 26.2 Å². The Bertz CT molecular complexity index is 242. The van der Waals surface area contributed by atoms with E-state index in [0.717, 1.165) is 0 Å². The zero-order valence-corrected chi connectivity index (χ0v) is 11.3. The second-order valence-corrected chi connectivity index (χ2v) is 13.1. The molecule has 0 aromatic carbocycles. The van der Waals surface area contributed by atoms with Crippen LogP contribution in [-0.2, 0) is 0 Å². The van der Waals surface area contributed by atoms with Crippen LogP contribution in [0, 0.1) is 0 Å². The maximum absolute atomic E-state index is 11.1. The van der Waals surface area contributed by atoms with Crippen LogP contribution in [0.2, 0.25) is 26.2 Å². The van der Waals surface area contributed by atoms with Gasteiger partial charge in [-0.3, -0.25) is 0 Å². The van der Waals surface area contributed by atoms with Gasteiger partial charge in [0.15, 0.2) is 16.5 Å². The molecule has 0 aliphatic carbocycles. The van der Waals surface area contributed by atoms with Gasteiger partial charge < -0.3 is 14.1 Å². The Morgan fingerprint density at radius 2 is 1.43 bits per heavy atom. The predicted molar refractivity (Wildman–Crippen MR) is 62.6 cm³/mol.